The number of carboxylic acid groups (broad SMARTS) is 1. The van der Waals surface area contributed by atoms with Crippen molar-refractivity contribution in [3.63, 3.8) is 0 Å². The Morgan fingerprint density at radius 1 is 1.60 bits per heavy atom. The molecule has 1 N–H and O–H groups in total. The van der Waals surface area contributed by atoms with Crippen LogP contribution < -0.4 is 4.74 Å². The van der Waals surface area contributed by atoms with Gasteiger partial charge in [0.05, 0.1) is 10.0 Å². The van der Waals surface area contributed by atoms with Crippen molar-refractivity contribution in [1.82, 2.24) is 0 Å². The molecule has 1 rings (SSSR count). The summed E-state index contributed by atoms with van der Waals surface area (Å²) >= 11 is 3.27. The first kappa shape index (κ1) is 11.6. The number of benzene rings is 1. The van der Waals surface area contributed by atoms with Gasteiger partial charge in [-0.15, -0.1) is 5.92 Å². The largest absolute Gasteiger partial charge is 0.480 e. The van der Waals surface area contributed by atoms with E-state index in [1.54, 1.807) is 13.0 Å². The van der Waals surface area contributed by atoms with E-state index in [9.17, 15) is 4.79 Å². The summed E-state index contributed by atoms with van der Waals surface area (Å²) in [5.41, 5.74) is 0.192. The Hall–Kier alpha value is -1.47. The molecule has 1 aromatic carbocycles. The molecule has 0 aromatic heterocycles. The molecule has 0 amide bonds. The van der Waals surface area contributed by atoms with E-state index < -0.39 is 5.97 Å². The molecule has 15 heavy (non-hydrogen) atoms. The molecule has 0 unspecified atom stereocenters. The molecule has 0 bridgehead atoms. The summed E-state index contributed by atoms with van der Waals surface area (Å²) in [7, 11) is 0. The van der Waals surface area contributed by atoms with Gasteiger partial charge in [-0.3, -0.25) is 0 Å². The Bertz CT molecular complexity index is 429. The number of carbonyl (C=O) groups is 1. The lowest BCUT2D eigenvalue weighted by Gasteiger charge is -2.05. The molecule has 3 nitrogen and oxygen atoms in total. The molecule has 4 heteroatoms. The Kier molecular flexibility index (Phi) is 4.19. The third-order valence-corrected chi connectivity index (χ3v) is 2.31. The highest BCUT2D eigenvalue weighted by molar-refractivity contribution is 9.10. The van der Waals surface area contributed by atoms with Gasteiger partial charge in [-0.25, -0.2) is 4.79 Å². The molecule has 1 aromatic rings. The molecule has 0 aliphatic rings. The fourth-order valence-electron chi connectivity index (χ4n) is 0.933. The van der Waals surface area contributed by atoms with Crippen molar-refractivity contribution >= 4 is 21.9 Å². The summed E-state index contributed by atoms with van der Waals surface area (Å²) in [6.07, 6.45) is 0. The summed E-state index contributed by atoms with van der Waals surface area (Å²) < 4.78 is 6.00. The predicted molar refractivity (Wildman–Crippen MR) is 60.0 cm³/mol. The highest BCUT2D eigenvalue weighted by atomic mass is 79.9. The molecule has 0 saturated carbocycles. The van der Waals surface area contributed by atoms with Gasteiger partial charge in [0, 0.05) is 0 Å². The van der Waals surface area contributed by atoms with Crippen molar-refractivity contribution in [2.75, 3.05) is 6.61 Å². The highest BCUT2D eigenvalue weighted by Crippen LogP contribution is 2.25. The number of rotatable bonds is 3. The van der Waals surface area contributed by atoms with E-state index in [4.69, 9.17) is 9.84 Å². The van der Waals surface area contributed by atoms with E-state index in [0.29, 0.717) is 10.2 Å². The number of halogens is 1. The van der Waals surface area contributed by atoms with E-state index in [2.05, 4.69) is 27.8 Å². The van der Waals surface area contributed by atoms with Crippen molar-refractivity contribution in [2.45, 2.75) is 6.92 Å². The van der Waals surface area contributed by atoms with Crippen LogP contribution in [0.4, 0.5) is 0 Å². The van der Waals surface area contributed by atoms with E-state index >= 15 is 0 Å². The molecular formula is C11H9BrO3. The summed E-state index contributed by atoms with van der Waals surface area (Å²) in [5, 5.41) is 8.77. The van der Waals surface area contributed by atoms with Crippen LogP contribution in [0.1, 0.15) is 17.3 Å². The standard InChI is InChI=1S/C11H9BrO3/c1-2-3-6-15-10-7-8(11(13)14)4-5-9(10)12/h4-5,7H,6H2,1H3,(H,13,14). The Morgan fingerprint density at radius 2 is 2.33 bits per heavy atom. The van der Waals surface area contributed by atoms with E-state index in [0.717, 1.165) is 0 Å². The molecule has 0 spiro atoms. The minimum absolute atomic E-state index is 0.192. The monoisotopic (exact) mass is 268 g/mol. The van der Waals surface area contributed by atoms with Crippen molar-refractivity contribution in [1.29, 1.82) is 0 Å². The minimum atomic E-state index is -0.978. The first-order valence-electron chi connectivity index (χ1n) is 4.20. The van der Waals surface area contributed by atoms with Crippen LogP contribution in [0.2, 0.25) is 0 Å². The predicted octanol–water partition coefficient (Wildman–Crippen LogP) is 2.55. The van der Waals surface area contributed by atoms with Crippen LogP contribution in [-0.4, -0.2) is 17.7 Å². The lowest BCUT2D eigenvalue weighted by molar-refractivity contribution is 0.0696. The van der Waals surface area contributed by atoms with Crippen LogP contribution in [0.15, 0.2) is 22.7 Å². The minimum Gasteiger partial charge on any atom is -0.480 e. The normalized spacial score (nSPS) is 8.93. The van der Waals surface area contributed by atoms with Gasteiger partial charge in [0.1, 0.15) is 12.4 Å². The SMILES string of the molecule is CC#CCOc1cc(C(=O)O)ccc1Br. The van der Waals surface area contributed by atoms with Crippen molar-refractivity contribution in [3.05, 3.63) is 28.2 Å². The third-order valence-electron chi connectivity index (χ3n) is 1.65. The van der Waals surface area contributed by atoms with Gasteiger partial charge >= 0.3 is 5.97 Å². The molecule has 0 saturated heterocycles. The van der Waals surface area contributed by atoms with Gasteiger partial charge < -0.3 is 9.84 Å². The van der Waals surface area contributed by atoms with Gasteiger partial charge in [-0.05, 0) is 41.1 Å². The quantitative estimate of drug-likeness (QED) is 0.858. The first-order chi connectivity index (χ1) is 7.15. The molecule has 78 valence electrons. The van der Waals surface area contributed by atoms with Gasteiger partial charge in [-0.1, -0.05) is 5.92 Å². The van der Waals surface area contributed by atoms with Crippen molar-refractivity contribution in [2.24, 2.45) is 0 Å². The van der Waals surface area contributed by atoms with Crippen LogP contribution in [0.25, 0.3) is 0 Å². The third kappa shape index (κ3) is 3.30. The Balaban J connectivity index is 2.88. The number of carboxylic acids is 1. The van der Waals surface area contributed by atoms with Crippen molar-refractivity contribution in [3.8, 4) is 17.6 Å². The maximum absolute atomic E-state index is 10.7. The van der Waals surface area contributed by atoms with Crippen LogP contribution in [0.5, 0.6) is 5.75 Å². The number of hydrogen-bond acceptors (Lipinski definition) is 2. The molecule has 0 radical (unpaired) electrons. The Morgan fingerprint density at radius 3 is 2.93 bits per heavy atom. The van der Waals surface area contributed by atoms with Gasteiger partial charge in [0.15, 0.2) is 0 Å². The maximum atomic E-state index is 10.7. The number of hydrogen-bond donors (Lipinski definition) is 1. The summed E-state index contributed by atoms with van der Waals surface area (Å²) in [5.74, 6) is 4.93. The molecule has 0 aliphatic carbocycles. The van der Waals surface area contributed by atoms with E-state index in [1.807, 2.05) is 0 Å². The van der Waals surface area contributed by atoms with E-state index in [1.165, 1.54) is 12.1 Å². The Labute approximate surface area is 96.2 Å². The van der Waals surface area contributed by atoms with Gasteiger partial charge in [-0.2, -0.15) is 0 Å². The summed E-state index contributed by atoms with van der Waals surface area (Å²) in [6, 6.07) is 4.60. The molecule has 0 fully saturated rings. The van der Waals surface area contributed by atoms with Crippen LogP contribution >= 0.6 is 15.9 Å². The van der Waals surface area contributed by atoms with E-state index in [-0.39, 0.29) is 12.2 Å². The molecule has 0 aliphatic heterocycles. The van der Waals surface area contributed by atoms with Crippen molar-refractivity contribution < 1.29 is 14.6 Å². The lowest BCUT2D eigenvalue weighted by atomic mass is 10.2. The average molecular weight is 269 g/mol. The lowest BCUT2D eigenvalue weighted by Crippen LogP contribution is -1.99. The average Bonchev–Trinajstić information content (AvgIpc) is 2.20. The maximum Gasteiger partial charge on any atom is 0.335 e. The highest BCUT2D eigenvalue weighted by Gasteiger charge is 2.07. The van der Waals surface area contributed by atoms with Crippen LogP contribution in [0, 0.1) is 11.8 Å². The second kappa shape index (κ2) is 5.42. The number of aromatic carboxylic acids is 1. The zero-order valence-electron chi connectivity index (χ0n) is 8.08. The summed E-state index contributed by atoms with van der Waals surface area (Å²) in [4.78, 5) is 10.7. The van der Waals surface area contributed by atoms with Gasteiger partial charge in [0.25, 0.3) is 0 Å². The second-order valence-corrected chi connectivity index (χ2v) is 3.52. The van der Waals surface area contributed by atoms with Crippen LogP contribution in [0.3, 0.4) is 0 Å². The zero-order chi connectivity index (χ0) is 11.3. The topological polar surface area (TPSA) is 46.5 Å². The second-order valence-electron chi connectivity index (χ2n) is 2.67. The molecule has 0 heterocycles. The molecular weight excluding hydrogens is 260 g/mol. The molecule has 0 atom stereocenters. The zero-order valence-corrected chi connectivity index (χ0v) is 9.67. The fourth-order valence-corrected chi connectivity index (χ4v) is 1.29. The first-order valence-corrected chi connectivity index (χ1v) is 4.99. The fraction of sp³-hybridized carbons (Fsp3) is 0.182. The van der Waals surface area contributed by atoms with Gasteiger partial charge in [0.2, 0.25) is 0 Å². The van der Waals surface area contributed by atoms with Crippen LogP contribution in [-0.2, 0) is 0 Å². The smallest absolute Gasteiger partial charge is 0.335 e. The summed E-state index contributed by atoms with van der Waals surface area (Å²) in [6.45, 7) is 1.96. The number of ether oxygens (including phenoxy) is 1.